The Morgan fingerprint density at radius 1 is 1.57 bits per heavy atom. The number of hydrogen-bond donors (Lipinski definition) is 2. The molecule has 7 nitrogen and oxygen atoms in total. The molecule has 0 bridgehead atoms. The number of rotatable bonds is 8. The average Bonchev–Trinajstić information content (AvgIpc) is 3.03. The van der Waals surface area contributed by atoms with Gasteiger partial charge in [0.05, 0.1) is 13.2 Å². The molecular formula is C13H23N5O2S. The molecule has 0 aromatic carbocycles. The van der Waals surface area contributed by atoms with Crippen molar-refractivity contribution < 1.29 is 9.53 Å². The fourth-order valence-corrected chi connectivity index (χ4v) is 2.87. The van der Waals surface area contributed by atoms with Crippen LogP contribution in [0.15, 0.2) is 11.5 Å². The van der Waals surface area contributed by atoms with E-state index in [2.05, 4.69) is 32.3 Å². The molecule has 0 unspecified atom stereocenters. The molecule has 21 heavy (non-hydrogen) atoms. The van der Waals surface area contributed by atoms with E-state index in [-0.39, 0.29) is 5.91 Å². The van der Waals surface area contributed by atoms with E-state index in [1.165, 1.54) is 6.33 Å². The number of amides is 1. The monoisotopic (exact) mass is 313 g/mol. The molecule has 2 N–H and O–H groups in total. The summed E-state index contributed by atoms with van der Waals surface area (Å²) in [5.74, 6) is 0.910. The minimum atomic E-state index is 0.119. The van der Waals surface area contributed by atoms with Crippen molar-refractivity contribution in [3.63, 3.8) is 0 Å². The summed E-state index contributed by atoms with van der Waals surface area (Å²) in [6.07, 6.45) is 2.94. The first-order valence-corrected chi connectivity index (χ1v) is 8.31. The molecule has 8 heteroatoms. The standard InChI is InChI=1S/C13H23N5O2S/c1-11(18-5-7-20-8-6-18)2-3-12(19)14-4-9-21-13-15-10-16-17-13/h10-11H,2-9H2,1H3,(H,14,19)(H,15,16,17)/t11-/m1/s1. The van der Waals surface area contributed by atoms with Gasteiger partial charge in [0, 0.05) is 37.8 Å². The van der Waals surface area contributed by atoms with Crippen molar-refractivity contribution in [1.29, 1.82) is 0 Å². The quantitative estimate of drug-likeness (QED) is 0.537. The molecule has 1 saturated heterocycles. The van der Waals surface area contributed by atoms with Crippen molar-refractivity contribution in [1.82, 2.24) is 25.4 Å². The smallest absolute Gasteiger partial charge is 0.220 e. The summed E-state index contributed by atoms with van der Waals surface area (Å²) < 4.78 is 5.34. The number of thioether (sulfide) groups is 1. The predicted molar refractivity (Wildman–Crippen MR) is 81.2 cm³/mol. The van der Waals surface area contributed by atoms with E-state index < -0.39 is 0 Å². The number of H-pyrrole nitrogens is 1. The van der Waals surface area contributed by atoms with E-state index in [9.17, 15) is 4.79 Å². The SMILES string of the molecule is C[C@H](CCC(=O)NCCSc1ncn[nH]1)N1CCOCC1. The number of carbonyl (C=O) groups excluding carboxylic acids is 1. The van der Waals surface area contributed by atoms with Gasteiger partial charge in [0.15, 0.2) is 5.16 Å². The second-order valence-electron chi connectivity index (χ2n) is 5.03. The first kappa shape index (κ1) is 16.3. The zero-order chi connectivity index (χ0) is 14.9. The fourth-order valence-electron chi connectivity index (χ4n) is 2.23. The molecule has 1 aromatic rings. The minimum Gasteiger partial charge on any atom is -0.379 e. The number of morpholine rings is 1. The Balaban J connectivity index is 1.52. The summed E-state index contributed by atoms with van der Waals surface area (Å²) in [5.41, 5.74) is 0. The lowest BCUT2D eigenvalue weighted by Crippen LogP contribution is -2.42. The topological polar surface area (TPSA) is 83.1 Å². The molecule has 0 aliphatic carbocycles. The molecule has 0 spiro atoms. The van der Waals surface area contributed by atoms with Gasteiger partial charge in [-0.15, -0.1) is 0 Å². The van der Waals surface area contributed by atoms with E-state index in [0.29, 0.717) is 19.0 Å². The molecule has 2 rings (SSSR count). The van der Waals surface area contributed by atoms with Gasteiger partial charge < -0.3 is 10.1 Å². The second kappa shape index (κ2) is 9.01. The zero-order valence-corrected chi connectivity index (χ0v) is 13.2. The van der Waals surface area contributed by atoms with Gasteiger partial charge in [0.2, 0.25) is 5.91 Å². The highest BCUT2D eigenvalue weighted by Gasteiger charge is 2.17. The molecular weight excluding hydrogens is 290 g/mol. The average molecular weight is 313 g/mol. The maximum absolute atomic E-state index is 11.8. The van der Waals surface area contributed by atoms with Gasteiger partial charge in [-0.05, 0) is 13.3 Å². The van der Waals surface area contributed by atoms with E-state index in [4.69, 9.17) is 4.74 Å². The fraction of sp³-hybridized carbons (Fsp3) is 0.769. The number of aromatic amines is 1. The second-order valence-corrected chi connectivity index (χ2v) is 6.11. The molecule has 1 aromatic heterocycles. The summed E-state index contributed by atoms with van der Waals surface area (Å²) in [6, 6.07) is 0.434. The van der Waals surface area contributed by atoms with Gasteiger partial charge >= 0.3 is 0 Å². The molecule has 0 saturated carbocycles. The zero-order valence-electron chi connectivity index (χ0n) is 12.4. The van der Waals surface area contributed by atoms with Crippen LogP contribution in [-0.4, -0.2) is 70.6 Å². The van der Waals surface area contributed by atoms with Gasteiger partial charge in [-0.2, -0.15) is 5.10 Å². The van der Waals surface area contributed by atoms with Crippen LogP contribution in [0.4, 0.5) is 0 Å². The third-order valence-corrected chi connectivity index (χ3v) is 4.39. The van der Waals surface area contributed by atoms with Gasteiger partial charge in [-0.25, -0.2) is 4.98 Å². The highest BCUT2D eigenvalue weighted by atomic mass is 32.2. The van der Waals surface area contributed by atoms with Crippen molar-refractivity contribution in [2.75, 3.05) is 38.6 Å². The summed E-state index contributed by atoms with van der Waals surface area (Å²) >= 11 is 1.55. The highest BCUT2D eigenvalue weighted by Crippen LogP contribution is 2.10. The van der Waals surface area contributed by atoms with E-state index in [0.717, 1.165) is 43.6 Å². The lowest BCUT2D eigenvalue weighted by Gasteiger charge is -2.32. The van der Waals surface area contributed by atoms with Gasteiger partial charge in [-0.3, -0.25) is 14.8 Å². The first-order valence-electron chi connectivity index (χ1n) is 7.32. The van der Waals surface area contributed by atoms with Crippen LogP contribution in [0.5, 0.6) is 0 Å². The number of hydrogen-bond acceptors (Lipinski definition) is 6. The van der Waals surface area contributed by atoms with Crippen LogP contribution in [0.1, 0.15) is 19.8 Å². The van der Waals surface area contributed by atoms with Gasteiger partial charge in [-0.1, -0.05) is 11.8 Å². The van der Waals surface area contributed by atoms with E-state index in [1.54, 1.807) is 11.8 Å². The Hall–Kier alpha value is -1.12. The molecule has 2 heterocycles. The number of aromatic nitrogens is 3. The van der Waals surface area contributed by atoms with Crippen molar-refractivity contribution in [2.24, 2.45) is 0 Å². The largest absolute Gasteiger partial charge is 0.379 e. The summed E-state index contributed by atoms with van der Waals surface area (Å²) in [4.78, 5) is 18.2. The minimum absolute atomic E-state index is 0.119. The van der Waals surface area contributed by atoms with Crippen LogP contribution in [0.2, 0.25) is 0 Å². The third-order valence-electron chi connectivity index (χ3n) is 3.51. The lowest BCUT2D eigenvalue weighted by atomic mass is 10.1. The number of nitrogens with zero attached hydrogens (tertiary/aromatic N) is 3. The Morgan fingerprint density at radius 2 is 2.38 bits per heavy atom. The summed E-state index contributed by atoms with van der Waals surface area (Å²) in [6.45, 7) is 6.37. The van der Waals surface area contributed by atoms with Crippen molar-refractivity contribution in [3.05, 3.63) is 6.33 Å². The molecule has 1 aliphatic heterocycles. The predicted octanol–water partition coefficient (Wildman–Crippen LogP) is 0.514. The van der Waals surface area contributed by atoms with Crippen molar-refractivity contribution >= 4 is 17.7 Å². The maximum atomic E-state index is 11.8. The van der Waals surface area contributed by atoms with Crippen LogP contribution in [0.25, 0.3) is 0 Å². The molecule has 0 radical (unpaired) electrons. The molecule has 1 amide bonds. The van der Waals surface area contributed by atoms with Crippen LogP contribution < -0.4 is 5.32 Å². The Kier molecular flexibility index (Phi) is 6.98. The lowest BCUT2D eigenvalue weighted by molar-refractivity contribution is -0.121. The summed E-state index contributed by atoms with van der Waals surface area (Å²) in [5, 5.41) is 10.3. The first-order chi connectivity index (χ1) is 10.3. The Morgan fingerprint density at radius 3 is 3.10 bits per heavy atom. The normalized spacial score (nSPS) is 17.6. The number of ether oxygens (including phenoxy) is 1. The number of nitrogens with one attached hydrogen (secondary N) is 2. The molecule has 118 valence electrons. The van der Waals surface area contributed by atoms with E-state index in [1.807, 2.05) is 0 Å². The molecule has 1 atom stereocenters. The molecule has 1 fully saturated rings. The van der Waals surface area contributed by atoms with Crippen LogP contribution in [-0.2, 0) is 9.53 Å². The van der Waals surface area contributed by atoms with E-state index >= 15 is 0 Å². The van der Waals surface area contributed by atoms with Crippen molar-refractivity contribution in [2.45, 2.75) is 31.0 Å². The van der Waals surface area contributed by atoms with Gasteiger partial charge in [0.1, 0.15) is 6.33 Å². The van der Waals surface area contributed by atoms with Crippen LogP contribution in [0.3, 0.4) is 0 Å². The van der Waals surface area contributed by atoms with Crippen LogP contribution in [0, 0.1) is 0 Å². The third kappa shape index (κ3) is 6.03. The summed E-state index contributed by atoms with van der Waals surface area (Å²) in [7, 11) is 0. The maximum Gasteiger partial charge on any atom is 0.220 e. The Labute approximate surface area is 129 Å². The molecule has 1 aliphatic rings. The number of carbonyl (C=O) groups is 1. The van der Waals surface area contributed by atoms with Crippen molar-refractivity contribution in [3.8, 4) is 0 Å². The highest BCUT2D eigenvalue weighted by molar-refractivity contribution is 7.99. The van der Waals surface area contributed by atoms with Crippen LogP contribution >= 0.6 is 11.8 Å². The Bertz CT molecular complexity index is 409. The van der Waals surface area contributed by atoms with Gasteiger partial charge in [0.25, 0.3) is 0 Å².